The maximum atomic E-state index is 10.5. The normalized spacial score (nSPS) is 16.4. The molecule has 0 saturated heterocycles. The molecule has 0 saturated carbocycles. The van der Waals surface area contributed by atoms with Crippen molar-refractivity contribution in [1.82, 2.24) is 10.3 Å². The summed E-state index contributed by atoms with van der Waals surface area (Å²) in [5, 5.41) is 13.8. The summed E-state index contributed by atoms with van der Waals surface area (Å²) in [6.07, 6.45) is 6.32. The van der Waals surface area contributed by atoms with Gasteiger partial charge in [-0.1, -0.05) is 6.08 Å². The SMILES string of the molecule is [C-]#[N+]c1cnc(C2=CCCC2)c([C@@H](O)CNC(C)(C)C)c1. The van der Waals surface area contributed by atoms with Crippen LogP contribution in [0.3, 0.4) is 0 Å². The molecule has 0 unspecified atom stereocenters. The second-order valence-electron chi connectivity index (χ2n) is 6.51. The van der Waals surface area contributed by atoms with E-state index in [0.29, 0.717) is 12.2 Å². The fourth-order valence-corrected chi connectivity index (χ4v) is 2.45. The highest BCUT2D eigenvalue weighted by molar-refractivity contribution is 5.68. The molecule has 2 rings (SSSR count). The van der Waals surface area contributed by atoms with Gasteiger partial charge in [-0.05, 0) is 57.2 Å². The van der Waals surface area contributed by atoms with Crippen LogP contribution in [0.15, 0.2) is 18.3 Å². The Balaban J connectivity index is 2.28. The molecule has 0 spiro atoms. The van der Waals surface area contributed by atoms with E-state index in [2.05, 4.69) is 42.0 Å². The summed E-state index contributed by atoms with van der Waals surface area (Å²) in [6, 6.07) is 1.77. The number of nitrogens with one attached hydrogen (secondary N) is 1. The van der Waals surface area contributed by atoms with E-state index in [1.807, 2.05) is 0 Å². The van der Waals surface area contributed by atoms with Crippen LogP contribution in [0.5, 0.6) is 0 Å². The third kappa shape index (κ3) is 4.13. The third-order valence-corrected chi connectivity index (χ3v) is 3.56. The number of allylic oxidation sites excluding steroid dienone is 2. The maximum absolute atomic E-state index is 10.5. The quantitative estimate of drug-likeness (QED) is 0.831. The molecule has 1 aliphatic carbocycles. The topological polar surface area (TPSA) is 49.5 Å². The lowest BCUT2D eigenvalue weighted by Gasteiger charge is -2.24. The van der Waals surface area contributed by atoms with Gasteiger partial charge in [0, 0.05) is 18.3 Å². The van der Waals surface area contributed by atoms with Gasteiger partial charge in [0.25, 0.3) is 0 Å². The largest absolute Gasteiger partial charge is 0.387 e. The highest BCUT2D eigenvalue weighted by Gasteiger charge is 2.20. The van der Waals surface area contributed by atoms with Crippen molar-refractivity contribution < 1.29 is 5.11 Å². The molecule has 1 aromatic rings. The van der Waals surface area contributed by atoms with Crippen LogP contribution in [-0.2, 0) is 0 Å². The first kappa shape index (κ1) is 15.7. The van der Waals surface area contributed by atoms with Crippen LogP contribution in [0.25, 0.3) is 10.4 Å². The average molecular weight is 285 g/mol. The molecule has 0 aromatic carbocycles. The highest BCUT2D eigenvalue weighted by Crippen LogP contribution is 2.32. The van der Waals surface area contributed by atoms with Gasteiger partial charge in [-0.15, -0.1) is 0 Å². The molecule has 1 aromatic heterocycles. The number of rotatable bonds is 4. The zero-order chi connectivity index (χ0) is 15.5. The maximum Gasteiger partial charge on any atom is 0.205 e. The molecule has 0 bridgehead atoms. The van der Waals surface area contributed by atoms with E-state index in [1.165, 1.54) is 5.57 Å². The Morgan fingerprint density at radius 1 is 1.48 bits per heavy atom. The van der Waals surface area contributed by atoms with Crippen molar-refractivity contribution in [3.05, 3.63) is 41.0 Å². The number of hydrogen-bond acceptors (Lipinski definition) is 3. The lowest BCUT2D eigenvalue weighted by atomic mass is 9.99. The number of nitrogens with zero attached hydrogens (tertiary/aromatic N) is 2. The molecule has 1 heterocycles. The average Bonchev–Trinajstić information content (AvgIpc) is 2.97. The second-order valence-corrected chi connectivity index (χ2v) is 6.51. The molecule has 0 radical (unpaired) electrons. The molecule has 4 nitrogen and oxygen atoms in total. The predicted molar refractivity (Wildman–Crippen MR) is 85.0 cm³/mol. The Hall–Kier alpha value is -1.70. The highest BCUT2D eigenvalue weighted by atomic mass is 16.3. The van der Waals surface area contributed by atoms with Crippen LogP contribution in [0.1, 0.15) is 57.4 Å². The van der Waals surface area contributed by atoms with Gasteiger partial charge in [0.05, 0.1) is 18.4 Å². The van der Waals surface area contributed by atoms with Gasteiger partial charge in [-0.3, -0.25) is 4.98 Å². The third-order valence-electron chi connectivity index (χ3n) is 3.56. The van der Waals surface area contributed by atoms with Crippen molar-refractivity contribution in [2.45, 2.75) is 51.7 Å². The molecule has 2 N–H and O–H groups in total. The summed E-state index contributed by atoms with van der Waals surface area (Å²) in [5.74, 6) is 0. The summed E-state index contributed by atoms with van der Waals surface area (Å²) in [4.78, 5) is 7.85. The number of aliphatic hydroxyl groups excluding tert-OH is 1. The van der Waals surface area contributed by atoms with Crippen LogP contribution in [-0.4, -0.2) is 22.2 Å². The van der Waals surface area contributed by atoms with Gasteiger partial charge in [-0.2, -0.15) is 0 Å². The molecule has 4 heteroatoms. The van der Waals surface area contributed by atoms with Crippen molar-refractivity contribution >= 4 is 11.3 Å². The number of hydrogen-bond donors (Lipinski definition) is 2. The van der Waals surface area contributed by atoms with Gasteiger partial charge in [0.1, 0.15) is 0 Å². The van der Waals surface area contributed by atoms with E-state index in [1.54, 1.807) is 12.3 Å². The Morgan fingerprint density at radius 3 is 2.81 bits per heavy atom. The molecule has 21 heavy (non-hydrogen) atoms. The van der Waals surface area contributed by atoms with E-state index in [-0.39, 0.29) is 5.54 Å². The van der Waals surface area contributed by atoms with Crippen molar-refractivity contribution in [3.8, 4) is 0 Å². The fourth-order valence-electron chi connectivity index (χ4n) is 2.45. The minimum Gasteiger partial charge on any atom is -0.387 e. The molecule has 0 aliphatic heterocycles. The molecule has 0 fully saturated rings. The van der Waals surface area contributed by atoms with Crippen molar-refractivity contribution in [2.24, 2.45) is 0 Å². The first-order valence-electron chi connectivity index (χ1n) is 7.40. The Bertz CT molecular complexity index is 579. The van der Waals surface area contributed by atoms with Crippen LogP contribution in [0.4, 0.5) is 5.69 Å². The lowest BCUT2D eigenvalue weighted by Crippen LogP contribution is -2.38. The van der Waals surface area contributed by atoms with Gasteiger partial charge < -0.3 is 10.4 Å². The smallest absolute Gasteiger partial charge is 0.205 e. The minimum absolute atomic E-state index is 0.0569. The van der Waals surface area contributed by atoms with E-state index in [4.69, 9.17) is 6.57 Å². The van der Waals surface area contributed by atoms with Crippen LogP contribution in [0.2, 0.25) is 0 Å². The summed E-state index contributed by atoms with van der Waals surface area (Å²) >= 11 is 0. The zero-order valence-corrected chi connectivity index (χ0v) is 13.0. The first-order chi connectivity index (χ1) is 9.90. The standard InChI is InChI=1S/C17H23N3O/c1-17(2,3)20-11-15(21)14-9-13(18-4)10-19-16(14)12-7-5-6-8-12/h7,9-10,15,20-21H,5-6,8,11H2,1-3H3/t15-/m0/s1. The van der Waals surface area contributed by atoms with E-state index in [0.717, 1.165) is 30.5 Å². The lowest BCUT2D eigenvalue weighted by molar-refractivity contribution is 0.162. The van der Waals surface area contributed by atoms with Crippen LogP contribution in [0, 0.1) is 6.57 Å². The van der Waals surface area contributed by atoms with Crippen LogP contribution >= 0.6 is 0 Å². The monoisotopic (exact) mass is 285 g/mol. The Labute approximate surface area is 126 Å². The van der Waals surface area contributed by atoms with E-state index < -0.39 is 6.10 Å². The number of aliphatic hydroxyl groups is 1. The Kier molecular flexibility index (Phi) is 4.76. The number of β-amino-alcohol motifs (C(OH)–C–C–N with tert-alkyl or cyclic N) is 1. The van der Waals surface area contributed by atoms with Gasteiger partial charge in [-0.25, -0.2) is 4.85 Å². The van der Waals surface area contributed by atoms with E-state index in [9.17, 15) is 5.11 Å². The predicted octanol–water partition coefficient (Wildman–Crippen LogP) is 3.62. The minimum atomic E-state index is -0.657. The first-order valence-corrected chi connectivity index (χ1v) is 7.40. The summed E-state index contributed by atoms with van der Waals surface area (Å²) in [7, 11) is 0. The van der Waals surface area contributed by atoms with Gasteiger partial charge in [0.2, 0.25) is 5.69 Å². The summed E-state index contributed by atoms with van der Waals surface area (Å²) in [6.45, 7) is 13.8. The summed E-state index contributed by atoms with van der Waals surface area (Å²) in [5.41, 5.74) is 3.22. The molecular weight excluding hydrogens is 262 g/mol. The van der Waals surface area contributed by atoms with Gasteiger partial charge in [0.15, 0.2) is 0 Å². The Morgan fingerprint density at radius 2 is 2.24 bits per heavy atom. The molecule has 1 aliphatic rings. The number of aromatic nitrogens is 1. The second kappa shape index (κ2) is 6.38. The summed E-state index contributed by atoms with van der Waals surface area (Å²) < 4.78 is 0. The van der Waals surface area contributed by atoms with Crippen molar-refractivity contribution in [3.63, 3.8) is 0 Å². The van der Waals surface area contributed by atoms with Crippen LogP contribution < -0.4 is 5.32 Å². The molecule has 1 atom stereocenters. The molecule has 0 amide bonds. The number of pyridine rings is 1. The molecular formula is C17H23N3O. The molecule has 112 valence electrons. The van der Waals surface area contributed by atoms with Crippen molar-refractivity contribution in [2.75, 3.05) is 6.54 Å². The van der Waals surface area contributed by atoms with Crippen molar-refractivity contribution in [1.29, 1.82) is 0 Å². The fraction of sp³-hybridized carbons (Fsp3) is 0.529. The van der Waals surface area contributed by atoms with Gasteiger partial charge >= 0.3 is 0 Å². The van der Waals surface area contributed by atoms with E-state index >= 15 is 0 Å². The zero-order valence-electron chi connectivity index (χ0n) is 13.0.